The van der Waals surface area contributed by atoms with Crippen molar-refractivity contribution in [2.45, 2.75) is 0 Å². The van der Waals surface area contributed by atoms with E-state index in [1.165, 1.54) is 86.9 Å². The molecule has 0 radical (unpaired) electrons. The largest absolute Gasteiger partial charge is 0.310 e. The first kappa shape index (κ1) is 31.3. The molecular weight excluding hydrogens is 663 g/mol. The van der Waals surface area contributed by atoms with Gasteiger partial charge in [-0.15, -0.1) is 0 Å². The molecule has 0 spiro atoms. The van der Waals surface area contributed by atoms with Crippen molar-refractivity contribution in [3.63, 3.8) is 0 Å². The minimum absolute atomic E-state index is 1.11. The van der Waals surface area contributed by atoms with Crippen LogP contribution >= 0.6 is 0 Å². The van der Waals surface area contributed by atoms with E-state index in [0.29, 0.717) is 0 Å². The molecule has 0 aliphatic heterocycles. The third kappa shape index (κ3) is 5.24. The van der Waals surface area contributed by atoms with Gasteiger partial charge in [-0.1, -0.05) is 170 Å². The summed E-state index contributed by atoms with van der Waals surface area (Å²) in [5.41, 5.74) is 8.25. The number of hydrogen-bond donors (Lipinski definition) is 0. The first-order valence-corrected chi connectivity index (χ1v) is 19.0. The zero-order valence-electron chi connectivity index (χ0n) is 30.2. The van der Waals surface area contributed by atoms with Crippen LogP contribution in [0.15, 0.2) is 212 Å². The lowest BCUT2D eigenvalue weighted by atomic mass is 9.88. The fourth-order valence-corrected chi connectivity index (χ4v) is 8.73. The summed E-state index contributed by atoms with van der Waals surface area (Å²) in [6, 6.07) is 78.0. The zero-order chi connectivity index (χ0) is 36.3. The first-order chi connectivity index (χ1) is 27.3. The lowest BCUT2D eigenvalue weighted by Crippen LogP contribution is -2.10. The van der Waals surface area contributed by atoms with Gasteiger partial charge in [0.2, 0.25) is 0 Å². The Balaban J connectivity index is 1.19. The second-order valence-corrected chi connectivity index (χ2v) is 14.5. The lowest BCUT2D eigenvalue weighted by molar-refractivity contribution is 1.30. The van der Waals surface area contributed by atoms with Crippen molar-refractivity contribution in [1.29, 1.82) is 0 Å². The molecule has 256 valence electrons. The molecule has 11 aromatic carbocycles. The minimum Gasteiger partial charge on any atom is -0.310 e. The van der Waals surface area contributed by atoms with Crippen molar-refractivity contribution in [1.82, 2.24) is 0 Å². The molecule has 0 aromatic heterocycles. The first-order valence-electron chi connectivity index (χ1n) is 19.0. The molecule has 0 saturated heterocycles. The monoisotopic (exact) mass is 697 g/mol. The number of fused-ring (bicyclic) bond motifs is 9. The highest BCUT2D eigenvalue weighted by atomic mass is 15.1. The fourth-order valence-electron chi connectivity index (χ4n) is 8.73. The summed E-state index contributed by atoms with van der Waals surface area (Å²) in [6.45, 7) is 0. The van der Waals surface area contributed by atoms with Gasteiger partial charge in [0.1, 0.15) is 0 Å². The smallest absolute Gasteiger partial charge is 0.0540 e. The van der Waals surface area contributed by atoms with E-state index in [9.17, 15) is 0 Å². The predicted molar refractivity (Wildman–Crippen MR) is 237 cm³/mol. The van der Waals surface area contributed by atoms with Crippen molar-refractivity contribution in [2.75, 3.05) is 4.90 Å². The molecule has 0 fully saturated rings. The Hall–Kier alpha value is -7.22. The van der Waals surface area contributed by atoms with Gasteiger partial charge in [-0.3, -0.25) is 0 Å². The van der Waals surface area contributed by atoms with Gasteiger partial charge >= 0.3 is 0 Å². The van der Waals surface area contributed by atoms with E-state index < -0.39 is 0 Å². The van der Waals surface area contributed by atoms with Crippen molar-refractivity contribution >= 4 is 81.7 Å². The molecule has 11 rings (SSSR count). The van der Waals surface area contributed by atoms with E-state index in [0.717, 1.165) is 17.1 Å². The Kier molecular flexibility index (Phi) is 7.25. The Bertz CT molecular complexity index is 3250. The molecule has 0 bridgehead atoms. The molecule has 55 heavy (non-hydrogen) atoms. The Morgan fingerprint density at radius 2 is 0.836 bits per heavy atom. The van der Waals surface area contributed by atoms with Crippen LogP contribution in [0.1, 0.15) is 0 Å². The van der Waals surface area contributed by atoms with Gasteiger partial charge in [-0.25, -0.2) is 0 Å². The Morgan fingerprint density at radius 3 is 1.65 bits per heavy atom. The van der Waals surface area contributed by atoms with Crippen molar-refractivity contribution in [3.05, 3.63) is 212 Å². The molecular formula is C54H35N. The van der Waals surface area contributed by atoms with Crippen LogP contribution in [0.5, 0.6) is 0 Å². The van der Waals surface area contributed by atoms with Crippen LogP contribution in [0.2, 0.25) is 0 Å². The van der Waals surface area contributed by atoms with Crippen LogP contribution in [-0.4, -0.2) is 0 Å². The zero-order valence-corrected chi connectivity index (χ0v) is 30.2. The molecule has 0 N–H and O–H groups in total. The summed E-state index contributed by atoms with van der Waals surface area (Å²) in [7, 11) is 0. The van der Waals surface area contributed by atoms with E-state index in [2.05, 4.69) is 217 Å². The van der Waals surface area contributed by atoms with E-state index in [4.69, 9.17) is 0 Å². The summed E-state index contributed by atoms with van der Waals surface area (Å²) >= 11 is 0. The summed E-state index contributed by atoms with van der Waals surface area (Å²) in [6.07, 6.45) is 0. The average molecular weight is 698 g/mol. The second-order valence-electron chi connectivity index (χ2n) is 14.5. The highest BCUT2D eigenvalue weighted by molar-refractivity contribution is 6.29. The minimum atomic E-state index is 1.11. The fraction of sp³-hybridized carbons (Fsp3) is 0. The van der Waals surface area contributed by atoms with Crippen molar-refractivity contribution in [2.24, 2.45) is 0 Å². The van der Waals surface area contributed by atoms with Crippen LogP contribution in [0.25, 0.3) is 86.9 Å². The van der Waals surface area contributed by atoms with Crippen LogP contribution in [-0.2, 0) is 0 Å². The molecule has 0 atom stereocenters. The van der Waals surface area contributed by atoms with E-state index >= 15 is 0 Å². The molecule has 1 heteroatoms. The molecule has 0 amide bonds. The normalized spacial score (nSPS) is 11.6. The van der Waals surface area contributed by atoms with Crippen molar-refractivity contribution < 1.29 is 0 Å². The maximum atomic E-state index is 2.44. The SMILES string of the molecule is c1ccc(-c2cc3ccc4ccc5ccccc5c4c3c3cc(N(c4ccc(-c5ccc6ccccc6c5)cc4)c4cccc5ccccc45)ccc23)cc1. The topological polar surface area (TPSA) is 3.24 Å². The molecule has 1 nitrogen and oxygen atoms in total. The maximum absolute atomic E-state index is 2.44. The van der Waals surface area contributed by atoms with Crippen LogP contribution in [0, 0.1) is 0 Å². The maximum Gasteiger partial charge on any atom is 0.0540 e. The summed E-state index contributed by atoms with van der Waals surface area (Å²) < 4.78 is 0. The van der Waals surface area contributed by atoms with Gasteiger partial charge in [-0.05, 0) is 124 Å². The standard InChI is InChI=1S/C54H35N/c1-2-12-39(13-3-1)50-34-44-26-24-41-23-22-40-15-7-9-19-48(40)53(41)54(44)51-35-46(31-32-49(50)51)55(52-20-10-17-38-14-6-8-18-47(38)52)45-29-27-37(28-30-45)43-25-21-36-11-4-5-16-42(36)33-43/h1-35H. The number of hydrogen-bond acceptors (Lipinski definition) is 1. The molecule has 0 aliphatic rings. The second kappa shape index (κ2) is 12.7. The summed E-state index contributed by atoms with van der Waals surface area (Å²) in [4.78, 5) is 2.44. The Morgan fingerprint density at radius 1 is 0.255 bits per heavy atom. The third-order valence-electron chi connectivity index (χ3n) is 11.4. The molecule has 0 heterocycles. The van der Waals surface area contributed by atoms with Gasteiger partial charge in [0.15, 0.2) is 0 Å². The highest BCUT2D eigenvalue weighted by Gasteiger charge is 2.19. The molecule has 0 aliphatic carbocycles. The van der Waals surface area contributed by atoms with Gasteiger partial charge < -0.3 is 4.90 Å². The van der Waals surface area contributed by atoms with Crippen LogP contribution in [0.4, 0.5) is 17.1 Å². The van der Waals surface area contributed by atoms with E-state index in [1.54, 1.807) is 0 Å². The van der Waals surface area contributed by atoms with E-state index in [-0.39, 0.29) is 0 Å². The predicted octanol–water partition coefficient (Wildman–Crippen LogP) is 15.4. The van der Waals surface area contributed by atoms with E-state index in [1.807, 2.05) is 0 Å². The number of anilines is 3. The number of rotatable bonds is 5. The highest BCUT2D eigenvalue weighted by Crippen LogP contribution is 2.45. The molecule has 0 unspecified atom stereocenters. The van der Waals surface area contributed by atoms with Gasteiger partial charge in [0, 0.05) is 16.8 Å². The van der Waals surface area contributed by atoms with Gasteiger partial charge in [0.25, 0.3) is 0 Å². The quantitative estimate of drug-likeness (QED) is 0.162. The summed E-state index contributed by atoms with van der Waals surface area (Å²) in [5.74, 6) is 0. The number of nitrogens with zero attached hydrogens (tertiary/aromatic N) is 1. The van der Waals surface area contributed by atoms with Crippen LogP contribution in [0.3, 0.4) is 0 Å². The number of benzene rings is 11. The third-order valence-corrected chi connectivity index (χ3v) is 11.4. The average Bonchev–Trinajstić information content (AvgIpc) is 3.26. The molecule has 0 saturated carbocycles. The van der Waals surface area contributed by atoms with Crippen LogP contribution < -0.4 is 4.90 Å². The molecule has 11 aromatic rings. The summed E-state index contributed by atoms with van der Waals surface area (Å²) in [5, 5.41) is 15.0. The van der Waals surface area contributed by atoms with Gasteiger partial charge in [-0.2, -0.15) is 0 Å². The van der Waals surface area contributed by atoms with Gasteiger partial charge in [0.05, 0.1) is 5.69 Å². The Labute approximate surface area is 320 Å². The lowest BCUT2D eigenvalue weighted by Gasteiger charge is -2.28. The van der Waals surface area contributed by atoms with Crippen molar-refractivity contribution in [3.8, 4) is 22.3 Å².